The van der Waals surface area contributed by atoms with Crippen molar-refractivity contribution in [1.82, 2.24) is 10.2 Å². The smallest absolute Gasteiger partial charge is 0.253 e. The van der Waals surface area contributed by atoms with E-state index in [0.717, 1.165) is 42.9 Å². The highest BCUT2D eigenvalue weighted by molar-refractivity contribution is 6.31. The first-order valence-electron chi connectivity index (χ1n) is 10.2. The van der Waals surface area contributed by atoms with Crippen LogP contribution >= 0.6 is 11.6 Å². The number of piperidine rings is 1. The summed E-state index contributed by atoms with van der Waals surface area (Å²) in [5.41, 5.74) is 2.14. The normalized spacial score (nSPS) is 17.0. The molecule has 0 saturated carbocycles. The van der Waals surface area contributed by atoms with Gasteiger partial charge in [0.1, 0.15) is 0 Å². The minimum atomic E-state index is -0.160. The minimum Gasteiger partial charge on any atom is -0.352 e. The van der Waals surface area contributed by atoms with Crippen molar-refractivity contribution in [3.8, 4) is 0 Å². The van der Waals surface area contributed by atoms with Gasteiger partial charge in [0, 0.05) is 24.7 Å². The number of nitrogens with one attached hydrogen (secondary N) is 2. The Morgan fingerprint density at radius 2 is 1.90 bits per heavy atom. The minimum absolute atomic E-state index is 0.0374. The maximum absolute atomic E-state index is 12.9. The zero-order chi connectivity index (χ0) is 20.6. The highest BCUT2D eigenvalue weighted by Gasteiger charge is 2.27. The molecule has 154 valence electrons. The summed E-state index contributed by atoms with van der Waals surface area (Å²) in [6, 6.07) is 15.0. The summed E-state index contributed by atoms with van der Waals surface area (Å²) in [6.07, 6.45) is 2.67. The summed E-state index contributed by atoms with van der Waals surface area (Å²) in [4.78, 5) is 27.6. The number of hydrogen-bond donors (Lipinski definition) is 2. The highest BCUT2D eigenvalue weighted by atomic mass is 35.5. The van der Waals surface area contributed by atoms with Crippen molar-refractivity contribution < 1.29 is 9.59 Å². The molecular formula is C23H28ClN3O2. The lowest BCUT2D eigenvalue weighted by atomic mass is 9.96. The Balaban J connectivity index is 1.64. The molecule has 6 heteroatoms. The molecule has 0 bridgehead atoms. The Morgan fingerprint density at radius 3 is 2.69 bits per heavy atom. The van der Waals surface area contributed by atoms with Crippen molar-refractivity contribution >= 4 is 29.1 Å². The predicted octanol–water partition coefficient (Wildman–Crippen LogP) is 4.33. The molecule has 2 N–H and O–H groups in total. The van der Waals surface area contributed by atoms with E-state index in [1.807, 2.05) is 43.3 Å². The Kier molecular flexibility index (Phi) is 7.67. The molecule has 1 aliphatic heterocycles. The number of benzene rings is 2. The number of carbonyl (C=O) groups is 2. The molecule has 2 aromatic carbocycles. The molecule has 1 fully saturated rings. The van der Waals surface area contributed by atoms with E-state index in [1.54, 1.807) is 12.1 Å². The molecule has 29 heavy (non-hydrogen) atoms. The fraction of sp³-hybridized carbons (Fsp3) is 0.391. The van der Waals surface area contributed by atoms with Gasteiger partial charge in [-0.3, -0.25) is 14.5 Å². The standard InChI is InChI=1S/C23H28ClN3O2/c1-2-13-25-23(29)19-10-4-6-12-21(19)26-22(28)18-9-7-14-27(16-18)15-17-8-3-5-11-20(17)24/h3-6,8,10-12,18H,2,7,9,13-16H2,1H3,(H,25,29)(H,26,28)/t18-/m1/s1. The van der Waals surface area contributed by atoms with Gasteiger partial charge >= 0.3 is 0 Å². The summed E-state index contributed by atoms with van der Waals surface area (Å²) in [5, 5.41) is 6.61. The monoisotopic (exact) mass is 413 g/mol. The zero-order valence-corrected chi connectivity index (χ0v) is 17.5. The van der Waals surface area contributed by atoms with Gasteiger partial charge in [-0.05, 0) is 49.6 Å². The highest BCUT2D eigenvalue weighted by Crippen LogP contribution is 2.24. The number of hydrogen-bond acceptors (Lipinski definition) is 3. The van der Waals surface area contributed by atoms with Crippen molar-refractivity contribution in [3.05, 3.63) is 64.7 Å². The van der Waals surface area contributed by atoms with Crippen LogP contribution in [-0.4, -0.2) is 36.3 Å². The van der Waals surface area contributed by atoms with Crippen molar-refractivity contribution in [3.63, 3.8) is 0 Å². The van der Waals surface area contributed by atoms with Crippen molar-refractivity contribution in [2.75, 3.05) is 25.0 Å². The van der Waals surface area contributed by atoms with E-state index < -0.39 is 0 Å². The van der Waals surface area contributed by atoms with Crippen LogP contribution < -0.4 is 10.6 Å². The summed E-state index contributed by atoms with van der Waals surface area (Å²) < 4.78 is 0. The van der Waals surface area contributed by atoms with E-state index in [1.165, 1.54) is 0 Å². The number of halogens is 1. The average Bonchev–Trinajstić information content (AvgIpc) is 2.74. The van der Waals surface area contributed by atoms with Crippen LogP contribution in [0.25, 0.3) is 0 Å². The average molecular weight is 414 g/mol. The number of likely N-dealkylation sites (tertiary alicyclic amines) is 1. The third kappa shape index (κ3) is 5.81. The predicted molar refractivity (Wildman–Crippen MR) is 117 cm³/mol. The topological polar surface area (TPSA) is 61.4 Å². The van der Waals surface area contributed by atoms with E-state index in [-0.39, 0.29) is 17.7 Å². The number of rotatable bonds is 7. The van der Waals surface area contributed by atoms with Crippen LogP contribution in [0.1, 0.15) is 42.1 Å². The largest absolute Gasteiger partial charge is 0.352 e. The van der Waals surface area contributed by atoms with Gasteiger partial charge in [-0.25, -0.2) is 0 Å². The molecule has 2 amide bonds. The quantitative estimate of drug-likeness (QED) is 0.710. The van der Waals surface area contributed by atoms with Gasteiger partial charge in [0.25, 0.3) is 5.91 Å². The number of carbonyl (C=O) groups excluding carboxylic acids is 2. The van der Waals surface area contributed by atoms with E-state index in [9.17, 15) is 9.59 Å². The molecule has 3 rings (SSSR count). The Morgan fingerprint density at radius 1 is 1.14 bits per heavy atom. The van der Waals surface area contributed by atoms with Gasteiger partial charge in [0.05, 0.1) is 17.2 Å². The zero-order valence-electron chi connectivity index (χ0n) is 16.8. The van der Waals surface area contributed by atoms with E-state index >= 15 is 0 Å². The van der Waals surface area contributed by atoms with Gasteiger partial charge in [-0.2, -0.15) is 0 Å². The lowest BCUT2D eigenvalue weighted by molar-refractivity contribution is -0.121. The molecule has 1 saturated heterocycles. The van der Waals surface area contributed by atoms with E-state index in [2.05, 4.69) is 15.5 Å². The fourth-order valence-corrected chi connectivity index (χ4v) is 3.83. The molecule has 1 heterocycles. The summed E-state index contributed by atoms with van der Waals surface area (Å²) in [7, 11) is 0. The van der Waals surface area contributed by atoms with Crippen LogP contribution in [0.4, 0.5) is 5.69 Å². The molecule has 0 aromatic heterocycles. The van der Waals surface area contributed by atoms with Crippen molar-refractivity contribution in [1.29, 1.82) is 0 Å². The van der Waals surface area contributed by atoms with Crippen LogP contribution in [0.5, 0.6) is 0 Å². The van der Waals surface area contributed by atoms with Crippen molar-refractivity contribution in [2.45, 2.75) is 32.7 Å². The second kappa shape index (κ2) is 10.4. The van der Waals surface area contributed by atoms with Gasteiger partial charge in [0.15, 0.2) is 0 Å². The second-order valence-corrected chi connectivity index (χ2v) is 7.86. The molecule has 1 aliphatic rings. The summed E-state index contributed by atoms with van der Waals surface area (Å²) in [6.45, 7) is 4.98. The molecule has 2 aromatic rings. The van der Waals surface area contributed by atoms with Crippen LogP contribution in [0.2, 0.25) is 5.02 Å². The Labute approximate surface area is 177 Å². The fourth-order valence-electron chi connectivity index (χ4n) is 3.64. The second-order valence-electron chi connectivity index (χ2n) is 7.46. The maximum Gasteiger partial charge on any atom is 0.253 e. The maximum atomic E-state index is 12.9. The third-order valence-corrected chi connectivity index (χ3v) is 5.56. The molecular weight excluding hydrogens is 386 g/mol. The number of amides is 2. The van der Waals surface area contributed by atoms with Crippen molar-refractivity contribution in [2.24, 2.45) is 5.92 Å². The van der Waals surface area contributed by atoms with Crippen LogP contribution in [0.3, 0.4) is 0 Å². The first kappa shape index (κ1) is 21.3. The van der Waals surface area contributed by atoms with Crippen LogP contribution in [-0.2, 0) is 11.3 Å². The number of anilines is 1. The summed E-state index contributed by atoms with van der Waals surface area (Å²) >= 11 is 6.29. The third-order valence-electron chi connectivity index (χ3n) is 5.19. The van der Waals surface area contributed by atoms with Crippen LogP contribution in [0, 0.1) is 5.92 Å². The Hall–Kier alpha value is -2.37. The molecule has 5 nitrogen and oxygen atoms in total. The first-order chi connectivity index (χ1) is 14.1. The van der Waals surface area contributed by atoms with Gasteiger partial charge in [0.2, 0.25) is 5.91 Å². The summed E-state index contributed by atoms with van der Waals surface area (Å²) in [5.74, 6) is -0.311. The van der Waals surface area contributed by atoms with Gasteiger partial charge < -0.3 is 10.6 Å². The van der Waals surface area contributed by atoms with Gasteiger partial charge in [-0.1, -0.05) is 48.9 Å². The lowest BCUT2D eigenvalue weighted by Crippen LogP contribution is -2.40. The van der Waals surface area contributed by atoms with Crippen LogP contribution in [0.15, 0.2) is 48.5 Å². The number of para-hydroxylation sites is 1. The molecule has 0 unspecified atom stereocenters. The molecule has 0 spiro atoms. The molecule has 0 aliphatic carbocycles. The lowest BCUT2D eigenvalue weighted by Gasteiger charge is -2.32. The number of nitrogens with zero attached hydrogens (tertiary/aromatic N) is 1. The SMILES string of the molecule is CCCNC(=O)c1ccccc1NC(=O)[C@@H]1CCCN(Cc2ccccc2Cl)C1. The van der Waals surface area contributed by atoms with Gasteiger partial charge in [-0.15, -0.1) is 0 Å². The van der Waals surface area contributed by atoms with E-state index in [0.29, 0.717) is 24.3 Å². The Bertz CT molecular complexity index is 856. The molecule has 0 radical (unpaired) electrons. The molecule has 1 atom stereocenters. The van der Waals surface area contributed by atoms with E-state index in [4.69, 9.17) is 11.6 Å². The first-order valence-corrected chi connectivity index (χ1v) is 10.6.